The van der Waals surface area contributed by atoms with Gasteiger partial charge < -0.3 is 20.1 Å². The molecule has 2 aliphatic heterocycles. The minimum atomic E-state index is 0.0769. The molecule has 0 spiro atoms. The number of nitrogens with one attached hydrogen (secondary N) is 2. The van der Waals surface area contributed by atoms with Crippen LogP contribution in [0.4, 0.5) is 5.69 Å². The van der Waals surface area contributed by atoms with Crippen LogP contribution in [-0.2, 0) is 4.79 Å². The Kier molecular flexibility index (Phi) is 5.89. The summed E-state index contributed by atoms with van der Waals surface area (Å²) in [6, 6.07) is 3.83. The number of hydrogen-bond donors (Lipinski definition) is 2. The van der Waals surface area contributed by atoms with Crippen molar-refractivity contribution < 1.29 is 14.3 Å². The molecule has 1 fully saturated rings. The predicted octanol–water partition coefficient (Wildman–Crippen LogP) is 3.14. The van der Waals surface area contributed by atoms with Gasteiger partial charge in [-0.2, -0.15) is 0 Å². The maximum Gasteiger partial charge on any atom is 0.224 e. The first-order valence-electron chi connectivity index (χ1n) is 8.65. The maximum absolute atomic E-state index is 12.5. The van der Waals surface area contributed by atoms with Gasteiger partial charge >= 0.3 is 0 Å². The average molecular weight is 350 g/mol. The second-order valence-electron chi connectivity index (χ2n) is 6.51. The zero-order chi connectivity index (χ0) is 16.9. The van der Waals surface area contributed by atoms with Crippen molar-refractivity contribution in [2.75, 3.05) is 37.9 Å². The summed E-state index contributed by atoms with van der Waals surface area (Å²) < 4.78 is 11.2. The van der Waals surface area contributed by atoms with E-state index in [0.717, 1.165) is 42.3 Å². The van der Waals surface area contributed by atoms with Gasteiger partial charge in [0.15, 0.2) is 11.5 Å². The third-order valence-electron chi connectivity index (χ3n) is 4.83. The molecule has 1 aromatic carbocycles. The minimum Gasteiger partial charge on any atom is -0.486 e. The molecule has 3 rings (SSSR count). The van der Waals surface area contributed by atoms with Crippen LogP contribution in [0.5, 0.6) is 11.5 Å². The predicted molar refractivity (Wildman–Crippen MR) is 97.2 cm³/mol. The van der Waals surface area contributed by atoms with Crippen LogP contribution in [0.2, 0.25) is 0 Å². The van der Waals surface area contributed by atoms with E-state index in [9.17, 15) is 4.79 Å². The van der Waals surface area contributed by atoms with Gasteiger partial charge in [0.05, 0.1) is 5.69 Å². The molecule has 1 atom stereocenters. The highest BCUT2D eigenvalue weighted by molar-refractivity contribution is 7.98. The summed E-state index contributed by atoms with van der Waals surface area (Å²) in [5, 5.41) is 6.45. The van der Waals surface area contributed by atoms with E-state index < -0.39 is 0 Å². The first-order chi connectivity index (χ1) is 11.7. The number of carbonyl (C=O) groups is 1. The lowest BCUT2D eigenvalue weighted by Gasteiger charge is -2.28. The number of carbonyl (C=O) groups excluding carboxylic acids is 1. The number of amides is 1. The SMILES string of the molecule is CSc1cc2c(cc1NC(=O)CC(C)C1CCNCC1)OCCO2. The lowest BCUT2D eigenvalue weighted by molar-refractivity contribution is -0.117. The smallest absolute Gasteiger partial charge is 0.224 e. The summed E-state index contributed by atoms with van der Waals surface area (Å²) in [7, 11) is 0. The molecule has 1 amide bonds. The highest BCUT2D eigenvalue weighted by Gasteiger charge is 2.23. The Morgan fingerprint density at radius 3 is 2.62 bits per heavy atom. The Hall–Kier alpha value is -1.40. The minimum absolute atomic E-state index is 0.0769. The summed E-state index contributed by atoms with van der Waals surface area (Å²) in [6.07, 6.45) is 4.88. The molecule has 0 aromatic heterocycles. The summed E-state index contributed by atoms with van der Waals surface area (Å²) in [6.45, 7) is 5.44. The molecule has 0 aliphatic carbocycles. The van der Waals surface area contributed by atoms with Crippen molar-refractivity contribution in [1.29, 1.82) is 0 Å². The Balaban J connectivity index is 1.64. The lowest BCUT2D eigenvalue weighted by Crippen LogP contribution is -2.32. The number of piperidine rings is 1. The molecule has 0 radical (unpaired) electrons. The van der Waals surface area contributed by atoms with E-state index in [2.05, 4.69) is 17.6 Å². The molecule has 24 heavy (non-hydrogen) atoms. The molecule has 2 N–H and O–H groups in total. The number of anilines is 1. The molecule has 132 valence electrons. The van der Waals surface area contributed by atoms with Crippen LogP contribution in [-0.4, -0.2) is 38.5 Å². The fourth-order valence-corrected chi connectivity index (χ4v) is 3.97. The highest BCUT2D eigenvalue weighted by Crippen LogP contribution is 2.39. The Bertz CT molecular complexity index is 588. The van der Waals surface area contributed by atoms with Crippen molar-refractivity contribution in [2.24, 2.45) is 11.8 Å². The highest BCUT2D eigenvalue weighted by atomic mass is 32.2. The molecule has 0 saturated carbocycles. The third-order valence-corrected chi connectivity index (χ3v) is 5.61. The first kappa shape index (κ1) is 17.4. The van der Waals surface area contributed by atoms with Crippen LogP contribution in [0.1, 0.15) is 26.2 Å². The fraction of sp³-hybridized carbons (Fsp3) is 0.611. The molecule has 5 nitrogen and oxygen atoms in total. The second kappa shape index (κ2) is 8.12. The summed E-state index contributed by atoms with van der Waals surface area (Å²) >= 11 is 1.60. The fourth-order valence-electron chi connectivity index (χ4n) is 3.41. The summed E-state index contributed by atoms with van der Waals surface area (Å²) in [4.78, 5) is 13.5. The number of hydrogen-bond acceptors (Lipinski definition) is 5. The number of ether oxygens (including phenoxy) is 2. The van der Waals surface area contributed by atoms with E-state index in [-0.39, 0.29) is 5.91 Å². The largest absolute Gasteiger partial charge is 0.486 e. The molecule has 2 heterocycles. The van der Waals surface area contributed by atoms with Gasteiger partial charge in [-0.25, -0.2) is 0 Å². The normalized spacial score (nSPS) is 18.9. The summed E-state index contributed by atoms with van der Waals surface area (Å²) in [5.74, 6) is 2.58. The van der Waals surface area contributed by atoms with Gasteiger partial charge in [0.2, 0.25) is 5.91 Å². The monoisotopic (exact) mass is 350 g/mol. The van der Waals surface area contributed by atoms with Crippen LogP contribution < -0.4 is 20.1 Å². The molecule has 1 unspecified atom stereocenters. The molecule has 6 heteroatoms. The Morgan fingerprint density at radius 2 is 1.96 bits per heavy atom. The van der Waals surface area contributed by atoms with Crippen molar-refractivity contribution in [3.05, 3.63) is 12.1 Å². The van der Waals surface area contributed by atoms with Crippen molar-refractivity contribution >= 4 is 23.4 Å². The topological polar surface area (TPSA) is 59.6 Å². The van der Waals surface area contributed by atoms with Crippen molar-refractivity contribution in [2.45, 2.75) is 31.1 Å². The van der Waals surface area contributed by atoms with E-state index >= 15 is 0 Å². The first-order valence-corrected chi connectivity index (χ1v) is 9.88. The van der Waals surface area contributed by atoms with Crippen LogP contribution in [0, 0.1) is 11.8 Å². The standard InChI is InChI=1S/C18H26N2O3S/c1-12(13-3-5-19-6-4-13)9-18(21)20-14-10-15-16(11-17(14)24-2)23-8-7-22-15/h10-13,19H,3-9H2,1-2H3,(H,20,21). The Labute approximate surface area is 147 Å². The molecular weight excluding hydrogens is 324 g/mol. The molecule has 0 bridgehead atoms. The molecule has 1 saturated heterocycles. The van der Waals surface area contributed by atoms with E-state index in [4.69, 9.17) is 9.47 Å². The quantitative estimate of drug-likeness (QED) is 0.799. The maximum atomic E-state index is 12.5. The van der Waals surface area contributed by atoms with Gasteiger partial charge in [-0.15, -0.1) is 11.8 Å². The Morgan fingerprint density at radius 1 is 1.29 bits per heavy atom. The van der Waals surface area contributed by atoms with Crippen molar-refractivity contribution in [3.63, 3.8) is 0 Å². The number of benzene rings is 1. The molecular formula is C18H26N2O3S. The number of rotatable bonds is 5. The number of fused-ring (bicyclic) bond motifs is 1. The van der Waals surface area contributed by atoms with Crippen LogP contribution >= 0.6 is 11.8 Å². The third kappa shape index (κ3) is 4.16. The van der Waals surface area contributed by atoms with Crippen LogP contribution in [0.15, 0.2) is 17.0 Å². The van der Waals surface area contributed by atoms with E-state index in [1.165, 1.54) is 0 Å². The van der Waals surface area contributed by atoms with E-state index in [1.807, 2.05) is 18.4 Å². The van der Waals surface area contributed by atoms with E-state index in [1.54, 1.807) is 11.8 Å². The van der Waals surface area contributed by atoms with Crippen molar-refractivity contribution in [1.82, 2.24) is 5.32 Å². The van der Waals surface area contributed by atoms with Crippen molar-refractivity contribution in [3.8, 4) is 11.5 Å². The zero-order valence-electron chi connectivity index (χ0n) is 14.4. The van der Waals surface area contributed by atoms with Gasteiger partial charge in [-0.1, -0.05) is 6.92 Å². The van der Waals surface area contributed by atoms with E-state index in [0.29, 0.717) is 37.2 Å². The zero-order valence-corrected chi connectivity index (χ0v) is 15.2. The second-order valence-corrected chi connectivity index (χ2v) is 7.36. The average Bonchev–Trinajstić information content (AvgIpc) is 2.61. The summed E-state index contributed by atoms with van der Waals surface area (Å²) in [5.41, 5.74) is 0.814. The van der Waals surface area contributed by atoms with Gasteiger partial charge in [-0.05, 0) is 50.1 Å². The van der Waals surface area contributed by atoms with Crippen LogP contribution in [0.3, 0.4) is 0 Å². The number of thioether (sulfide) groups is 1. The van der Waals surface area contributed by atoms with Gasteiger partial charge in [0, 0.05) is 17.4 Å². The molecule has 2 aliphatic rings. The van der Waals surface area contributed by atoms with Gasteiger partial charge in [0.1, 0.15) is 13.2 Å². The van der Waals surface area contributed by atoms with Gasteiger partial charge in [0.25, 0.3) is 0 Å². The lowest BCUT2D eigenvalue weighted by atomic mass is 9.84. The van der Waals surface area contributed by atoms with Gasteiger partial charge in [-0.3, -0.25) is 4.79 Å². The molecule has 1 aromatic rings. The van der Waals surface area contributed by atoms with Crippen LogP contribution in [0.25, 0.3) is 0 Å².